The monoisotopic (exact) mass is 367 g/mol. The lowest BCUT2D eigenvalue weighted by Gasteiger charge is -2.31. The zero-order chi connectivity index (χ0) is 19.6. The summed E-state index contributed by atoms with van der Waals surface area (Å²) in [5.41, 5.74) is 3.18. The van der Waals surface area contributed by atoms with Crippen LogP contribution in [0.1, 0.15) is 44.2 Å². The number of amides is 1. The van der Waals surface area contributed by atoms with Crippen molar-refractivity contribution in [1.82, 2.24) is 5.32 Å². The van der Waals surface area contributed by atoms with E-state index < -0.39 is 17.6 Å². The third-order valence-electron chi connectivity index (χ3n) is 5.75. The number of rotatable bonds is 6. The zero-order valence-electron chi connectivity index (χ0n) is 15.9. The molecule has 0 radical (unpaired) electrons. The number of aliphatic carboxylic acids is 1. The van der Waals surface area contributed by atoms with Crippen LogP contribution < -0.4 is 5.32 Å². The highest BCUT2D eigenvalue weighted by Crippen LogP contribution is 2.44. The predicted molar refractivity (Wildman–Crippen MR) is 104 cm³/mol. The second-order valence-electron chi connectivity index (χ2n) is 7.27. The lowest BCUT2D eigenvalue weighted by molar-refractivity contribution is -0.146. The van der Waals surface area contributed by atoms with Crippen molar-refractivity contribution >= 4 is 12.1 Å². The molecule has 0 aromatic heterocycles. The molecule has 5 heteroatoms. The van der Waals surface area contributed by atoms with Gasteiger partial charge in [0.15, 0.2) is 0 Å². The standard InChI is InChI=1S/C22H25NO4/c1-4-14(2)22(3,20(24)25)23-21(26)27-13-19-17-11-7-5-9-15(17)16-10-6-8-12-18(16)19/h5-12,14,19H,4,13H2,1-3H3,(H,23,26)(H,24,25)/t14-,22+/m0/s1. The van der Waals surface area contributed by atoms with Gasteiger partial charge in [0.25, 0.3) is 0 Å². The predicted octanol–water partition coefficient (Wildman–Crippen LogP) is 4.41. The minimum atomic E-state index is -1.36. The van der Waals surface area contributed by atoms with Crippen LogP contribution in [0.4, 0.5) is 4.79 Å². The Kier molecular flexibility index (Phi) is 5.22. The normalized spacial score (nSPS) is 16.0. The number of benzene rings is 2. The lowest BCUT2D eigenvalue weighted by Crippen LogP contribution is -2.56. The fourth-order valence-corrected chi connectivity index (χ4v) is 3.64. The summed E-state index contributed by atoms with van der Waals surface area (Å²) in [6.07, 6.45) is -0.0750. The molecule has 0 saturated carbocycles. The van der Waals surface area contributed by atoms with E-state index in [-0.39, 0.29) is 18.4 Å². The van der Waals surface area contributed by atoms with E-state index in [1.165, 1.54) is 6.92 Å². The van der Waals surface area contributed by atoms with Crippen molar-refractivity contribution in [2.45, 2.75) is 38.6 Å². The summed E-state index contributed by atoms with van der Waals surface area (Å²) < 4.78 is 5.47. The second kappa shape index (κ2) is 7.43. The lowest BCUT2D eigenvalue weighted by atomic mass is 9.85. The van der Waals surface area contributed by atoms with E-state index in [1.54, 1.807) is 6.92 Å². The Labute approximate surface area is 159 Å². The number of carbonyl (C=O) groups is 2. The number of carbonyl (C=O) groups excluding carboxylic acids is 1. The molecular formula is C22H25NO4. The average molecular weight is 367 g/mol. The van der Waals surface area contributed by atoms with Gasteiger partial charge in [-0.05, 0) is 35.1 Å². The second-order valence-corrected chi connectivity index (χ2v) is 7.27. The van der Waals surface area contributed by atoms with E-state index in [0.29, 0.717) is 6.42 Å². The van der Waals surface area contributed by atoms with E-state index in [2.05, 4.69) is 17.4 Å². The maximum absolute atomic E-state index is 12.4. The number of carboxylic acids is 1. The fraction of sp³-hybridized carbons (Fsp3) is 0.364. The van der Waals surface area contributed by atoms with Gasteiger partial charge in [-0.3, -0.25) is 0 Å². The first kappa shape index (κ1) is 19.0. The minimum Gasteiger partial charge on any atom is -0.480 e. The number of nitrogens with one attached hydrogen (secondary N) is 1. The third kappa shape index (κ3) is 3.42. The number of hydrogen-bond donors (Lipinski definition) is 2. The molecule has 0 heterocycles. The SMILES string of the molecule is CC[C@H](C)[C@@](C)(NC(=O)OCC1c2ccccc2-c2ccccc21)C(=O)O. The van der Waals surface area contributed by atoms with Crippen LogP contribution >= 0.6 is 0 Å². The van der Waals surface area contributed by atoms with Gasteiger partial charge in [-0.2, -0.15) is 0 Å². The van der Waals surface area contributed by atoms with Gasteiger partial charge >= 0.3 is 12.1 Å². The van der Waals surface area contributed by atoms with Gasteiger partial charge in [0.1, 0.15) is 12.1 Å². The third-order valence-corrected chi connectivity index (χ3v) is 5.75. The summed E-state index contributed by atoms with van der Waals surface area (Å²) >= 11 is 0. The van der Waals surface area contributed by atoms with E-state index >= 15 is 0 Å². The minimum absolute atomic E-state index is 0.0529. The van der Waals surface area contributed by atoms with Crippen LogP contribution in [0.25, 0.3) is 11.1 Å². The first-order chi connectivity index (χ1) is 12.9. The van der Waals surface area contributed by atoms with Gasteiger partial charge in [-0.25, -0.2) is 9.59 Å². The maximum atomic E-state index is 12.4. The molecule has 2 N–H and O–H groups in total. The molecule has 2 aromatic carbocycles. The number of carboxylic acid groups (broad SMARTS) is 1. The molecule has 0 fully saturated rings. The molecule has 1 aliphatic carbocycles. The Bertz CT molecular complexity index is 817. The Morgan fingerprint density at radius 2 is 1.63 bits per heavy atom. The van der Waals surface area contributed by atoms with Crippen molar-refractivity contribution < 1.29 is 19.4 Å². The number of fused-ring (bicyclic) bond motifs is 3. The van der Waals surface area contributed by atoms with Crippen molar-refractivity contribution in [1.29, 1.82) is 0 Å². The van der Waals surface area contributed by atoms with E-state index in [0.717, 1.165) is 22.3 Å². The Balaban J connectivity index is 1.75. The molecule has 0 saturated heterocycles. The average Bonchev–Trinajstić information content (AvgIpc) is 2.99. The van der Waals surface area contributed by atoms with Gasteiger partial charge in [0, 0.05) is 5.92 Å². The number of alkyl carbamates (subject to hydrolysis) is 1. The topological polar surface area (TPSA) is 75.6 Å². The number of hydrogen-bond acceptors (Lipinski definition) is 3. The van der Waals surface area contributed by atoms with Crippen LogP contribution in [0.15, 0.2) is 48.5 Å². The summed E-state index contributed by atoms with van der Waals surface area (Å²) in [7, 11) is 0. The number of ether oxygens (including phenoxy) is 1. The van der Waals surface area contributed by atoms with Crippen molar-refractivity contribution in [3.8, 4) is 11.1 Å². The Hall–Kier alpha value is -2.82. The molecule has 0 aliphatic heterocycles. The molecule has 142 valence electrons. The van der Waals surface area contributed by atoms with Gasteiger partial charge in [0.05, 0.1) is 0 Å². The van der Waals surface area contributed by atoms with Gasteiger partial charge in [0.2, 0.25) is 0 Å². The molecule has 0 unspecified atom stereocenters. The van der Waals surface area contributed by atoms with Crippen LogP contribution in [0.5, 0.6) is 0 Å². The van der Waals surface area contributed by atoms with Crippen molar-refractivity contribution in [3.63, 3.8) is 0 Å². The molecule has 27 heavy (non-hydrogen) atoms. The zero-order valence-corrected chi connectivity index (χ0v) is 15.9. The highest BCUT2D eigenvalue weighted by atomic mass is 16.5. The molecule has 1 aliphatic rings. The van der Waals surface area contributed by atoms with Crippen LogP contribution in [0, 0.1) is 5.92 Å². The highest BCUT2D eigenvalue weighted by Gasteiger charge is 2.40. The van der Waals surface area contributed by atoms with Crippen LogP contribution in [-0.4, -0.2) is 29.3 Å². The van der Waals surface area contributed by atoms with Crippen molar-refractivity contribution in [2.75, 3.05) is 6.61 Å². The maximum Gasteiger partial charge on any atom is 0.408 e. The Morgan fingerprint density at radius 3 is 2.11 bits per heavy atom. The molecule has 0 bridgehead atoms. The van der Waals surface area contributed by atoms with Crippen LogP contribution in [0.3, 0.4) is 0 Å². The molecular weight excluding hydrogens is 342 g/mol. The van der Waals surface area contributed by atoms with Gasteiger partial charge < -0.3 is 15.2 Å². The first-order valence-corrected chi connectivity index (χ1v) is 9.25. The summed E-state index contributed by atoms with van der Waals surface area (Å²) in [6, 6.07) is 16.2. The molecule has 0 spiro atoms. The molecule has 2 aromatic rings. The van der Waals surface area contributed by atoms with Crippen LogP contribution in [-0.2, 0) is 9.53 Å². The summed E-state index contributed by atoms with van der Waals surface area (Å²) in [4.78, 5) is 24.0. The Morgan fingerprint density at radius 1 is 1.11 bits per heavy atom. The summed E-state index contributed by atoms with van der Waals surface area (Å²) in [5.74, 6) is -1.34. The van der Waals surface area contributed by atoms with Gasteiger partial charge in [-0.1, -0.05) is 68.8 Å². The highest BCUT2D eigenvalue weighted by molar-refractivity contribution is 5.84. The van der Waals surface area contributed by atoms with E-state index in [1.807, 2.05) is 43.3 Å². The molecule has 3 rings (SSSR count). The van der Waals surface area contributed by atoms with E-state index in [9.17, 15) is 14.7 Å². The van der Waals surface area contributed by atoms with Crippen molar-refractivity contribution in [2.24, 2.45) is 5.92 Å². The quantitative estimate of drug-likeness (QED) is 0.793. The van der Waals surface area contributed by atoms with E-state index in [4.69, 9.17) is 4.74 Å². The summed E-state index contributed by atoms with van der Waals surface area (Å²) in [5, 5.41) is 12.1. The van der Waals surface area contributed by atoms with Gasteiger partial charge in [-0.15, -0.1) is 0 Å². The van der Waals surface area contributed by atoms with Crippen molar-refractivity contribution in [3.05, 3.63) is 59.7 Å². The summed E-state index contributed by atoms with van der Waals surface area (Å²) in [6.45, 7) is 5.38. The smallest absolute Gasteiger partial charge is 0.408 e. The fourth-order valence-electron chi connectivity index (χ4n) is 3.64. The molecule has 2 atom stereocenters. The molecule has 1 amide bonds. The molecule has 5 nitrogen and oxygen atoms in total. The first-order valence-electron chi connectivity index (χ1n) is 9.25. The van der Waals surface area contributed by atoms with Crippen LogP contribution in [0.2, 0.25) is 0 Å². The largest absolute Gasteiger partial charge is 0.480 e.